The molecule has 0 aliphatic rings. The molecule has 0 fully saturated rings. The van der Waals surface area contributed by atoms with Gasteiger partial charge in [-0.2, -0.15) is 0 Å². The minimum atomic E-state index is 0.410. The third kappa shape index (κ3) is 3.90. The zero-order valence-electron chi connectivity index (χ0n) is 18.8. The molecule has 5 N–H and O–H groups in total. The van der Waals surface area contributed by atoms with Gasteiger partial charge < -0.3 is 31.0 Å². The van der Waals surface area contributed by atoms with Gasteiger partial charge in [0.05, 0.1) is 35.4 Å². The maximum Gasteiger partial charge on any atom is 0.164 e. The number of benzene rings is 1. The van der Waals surface area contributed by atoms with E-state index in [1.807, 2.05) is 51.6 Å². The maximum atomic E-state index is 6.62. The highest BCUT2D eigenvalue weighted by atomic mass is 16.5. The third-order valence-corrected chi connectivity index (χ3v) is 5.47. The normalized spacial score (nSPS) is 11.3. The molecule has 1 aromatic carbocycles. The molecule has 0 atom stereocenters. The summed E-state index contributed by atoms with van der Waals surface area (Å²) in [6.45, 7) is 1.66. The number of ether oxygens (including phenoxy) is 1. The number of hydrogen-bond acceptors (Lipinski definition) is 8. The SMILES string of the molecule is COc1cc(N(C)CCN(C)C)c(N)c(-c2nccc(-c3c[nH]c4ncccc34)n2)c1N. The summed E-state index contributed by atoms with van der Waals surface area (Å²) < 4.78 is 5.55. The Balaban J connectivity index is 1.83. The van der Waals surface area contributed by atoms with Crippen molar-refractivity contribution in [3.05, 3.63) is 42.9 Å². The Morgan fingerprint density at radius 1 is 1.03 bits per heavy atom. The highest BCUT2D eigenvalue weighted by molar-refractivity contribution is 5.96. The van der Waals surface area contributed by atoms with Crippen LogP contribution in [-0.2, 0) is 0 Å². The molecule has 0 unspecified atom stereocenters. The highest BCUT2D eigenvalue weighted by Gasteiger charge is 2.21. The zero-order valence-corrected chi connectivity index (χ0v) is 18.8. The molecule has 3 aromatic heterocycles. The molecule has 0 spiro atoms. The summed E-state index contributed by atoms with van der Waals surface area (Å²) in [6, 6.07) is 7.62. The summed E-state index contributed by atoms with van der Waals surface area (Å²) in [7, 11) is 7.65. The average Bonchev–Trinajstić information content (AvgIpc) is 3.22. The Bertz CT molecular complexity index is 1250. The van der Waals surface area contributed by atoms with Crippen molar-refractivity contribution in [1.29, 1.82) is 0 Å². The average molecular weight is 433 g/mol. The van der Waals surface area contributed by atoms with Gasteiger partial charge in [-0.05, 0) is 32.3 Å². The van der Waals surface area contributed by atoms with Crippen molar-refractivity contribution in [2.24, 2.45) is 0 Å². The topological polar surface area (TPSA) is 122 Å². The van der Waals surface area contributed by atoms with E-state index in [4.69, 9.17) is 21.2 Å². The summed E-state index contributed by atoms with van der Waals surface area (Å²) in [5, 5.41) is 0.979. The Morgan fingerprint density at radius 3 is 2.59 bits per heavy atom. The second-order valence-electron chi connectivity index (χ2n) is 7.89. The molecule has 0 bridgehead atoms. The van der Waals surface area contributed by atoms with Crippen molar-refractivity contribution in [3.63, 3.8) is 0 Å². The molecule has 32 heavy (non-hydrogen) atoms. The number of nitrogens with two attached hydrogens (primary N) is 2. The van der Waals surface area contributed by atoms with E-state index in [0.29, 0.717) is 28.5 Å². The fraction of sp³-hybridized carbons (Fsp3) is 0.261. The van der Waals surface area contributed by atoms with Crippen LogP contribution >= 0.6 is 0 Å². The number of likely N-dealkylation sites (N-methyl/N-ethyl adjacent to an activating group) is 2. The first-order valence-electron chi connectivity index (χ1n) is 10.3. The van der Waals surface area contributed by atoms with Crippen LogP contribution in [0.15, 0.2) is 42.9 Å². The number of methoxy groups -OCH3 is 1. The van der Waals surface area contributed by atoms with E-state index in [9.17, 15) is 0 Å². The monoisotopic (exact) mass is 432 g/mol. The van der Waals surface area contributed by atoms with Crippen molar-refractivity contribution >= 4 is 28.1 Å². The van der Waals surface area contributed by atoms with Crippen LogP contribution in [0.5, 0.6) is 5.75 Å². The lowest BCUT2D eigenvalue weighted by molar-refractivity contribution is 0.414. The fourth-order valence-corrected chi connectivity index (χ4v) is 3.67. The van der Waals surface area contributed by atoms with Gasteiger partial charge in [0.1, 0.15) is 11.4 Å². The number of aromatic amines is 1. The van der Waals surface area contributed by atoms with Crippen molar-refractivity contribution in [2.75, 3.05) is 57.7 Å². The standard InChI is InChI=1S/C23H28N8O/c1-30(2)10-11-31(3)17-12-18(32-4)21(25)19(20(17)24)23-27-9-7-16(29-23)15-13-28-22-14(15)6-5-8-26-22/h5-9,12-13H,10-11,24-25H2,1-4H3,(H,26,28). The van der Waals surface area contributed by atoms with E-state index in [2.05, 4.69) is 24.8 Å². The van der Waals surface area contributed by atoms with Crippen molar-refractivity contribution < 1.29 is 4.74 Å². The van der Waals surface area contributed by atoms with Gasteiger partial charge in [0.15, 0.2) is 5.82 Å². The number of nitrogens with one attached hydrogen (secondary N) is 1. The molecule has 9 nitrogen and oxygen atoms in total. The lowest BCUT2D eigenvalue weighted by Gasteiger charge is -2.25. The maximum absolute atomic E-state index is 6.62. The highest BCUT2D eigenvalue weighted by Crippen LogP contribution is 2.43. The van der Waals surface area contributed by atoms with Crippen molar-refractivity contribution in [1.82, 2.24) is 24.8 Å². The van der Waals surface area contributed by atoms with E-state index in [-0.39, 0.29) is 0 Å². The zero-order chi connectivity index (χ0) is 22.8. The number of rotatable bonds is 7. The number of hydrogen-bond donors (Lipinski definition) is 3. The molecule has 9 heteroatoms. The number of anilines is 3. The van der Waals surface area contributed by atoms with Crippen LogP contribution in [-0.4, -0.2) is 66.2 Å². The second kappa shape index (κ2) is 8.72. The van der Waals surface area contributed by atoms with Crippen molar-refractivity contribution in [2.45, 2.75) is 0 Å². The van der Waals surface area contributed by atoms with Crippen molar-refractivity contribution in [3.8, 4) is 28.4 Å². The first kappa shape index (κ1) is 21.4. The van der Waals surface area contributed by atoms with Gasteiger partial charge in [0, 0.05) is 55.7 Å². The predicted octanol–water partition coefficient (Wildman–Crippen LogP) is 2.86. The molecule has 0 saturated carbocycles. The Hall–Kier alpha value is -3.85. The van der Waals surface area contributed by atoms with Crippen LogP contribution in [0.2, 0.25) is 0 Å². The van der Waals surface area contributed by atoms with E-state index < -0.39 is 0 Å². The molecule has 4 rings (SSSR count). The minimum absolute atomic E-state index is 0.410. The van der Waals surface area contributed by atoms with Crippen LogP contribution in [0, 0.1) is 0 Å². The summed E-state index contributed by atoms with van der Waals surface area (Å²) in [5.74, 6) is 0.975. The smallest absolute Gasteiger partial charge is 0.164 e. The molecule has 0 amide bonds. The first-order chi connectivity index (χ1) is 15.4. The Morgan fingerprint density at radius 2 is 1.84 bits per heavy atom. The third-order valence-electron chi connectivity index (χ3n) is 5.47. The summed E-state index contributed by atoms with van der Waals surface area (Å²) in [6.07, 6.45) is 5.35. The van der Waals surface area contributed by atoms with E-state index >= 15 is 0 Å². The second-order valence-corrected chi connectivity index (χ2v) is 7.89. The van der Waals surface area contributed by atoms with Crippen LogP contribution in [0.3, 0.4) is 0 Å². The Labute approximate surface area is 187 Å². The fourth-order valence-electron chi connectivity index (χ4n) is 3.67. The van der Waals surface area contributed by atoms with Gasteiger partial charge in [0.25, 0.3) is 0 Å². The quantitative estimate of drug-likeness (QED) is 0.381. The van der Waals surface area contributed by atoms with Crippen LogP contribution < -0.4 is 21.1 Å². The van der Waals surface area contributed by atoms with Crippen LogP contribution in [0.4, 0.5) is 17.1 Å². The molecular formula is C23H28N8O. The summed E-state index contributed by atoms with van der Waals surface area (Å²) in [4.78, 5) is 21.0. The van der Waals surface area contributed by atoms with E-state index in [1.165, 1.54) is 0 Å². The molecule has 0 saturated heterocycles. The molecule has 166 valence electrons. The molecule has 4 aromatic rings. The van der Waals surface area contributed by atoms with Gasteiger partial charge in [0.2, 0.25) is 0 Å². The first-order valence-corrected chi connectivity index (χ1v) is 10.3. The van der Waals surface area contributed by atoms with Gasteiger partial charge in [-0.1, -0.05) is 0 Å². The molecule has 0 radical (unpaired) electrons. The van der Waals surface area contributed by atoms with E-state index in [0.717, 1.165) is 41.1 Å². The number of nitrogen functional groups attached to an aromatic ring is 2. The lowest BCUT2D eigenvalue weighted by atomic mass is 10.1. The number of nitrogens with zero attached hydrogens (tertiary/aromatic N) is 5. The molecule has 3 heterocycles. The summed E-state index contributed by atoms with van der Waals surface area (Å²) in [5.41, 5.74) is 17.9. The van der Waals surface area contributed by atoms with Crippen LogP contribution in [0.25, 0.3) is 33.7 Å². The van der Waals surface area contributed by atoms with Gasteiger partial charge in [-0.3, -0.25) is 0 Å². The van der Waals surface area contributed by atoms with Crippen LogP contribution in [0.1, 0.15) is 0 Å². The number of fused-ring (bicyclic) bond motifs is 1. The van der Waals surface area contributed by atoms with E-state index in [1.54, 1.807) is 19.5 Å². The number of aromatic nitrogens is 4. The van der Waals surface area contributed by atoms with Gasteiger partial charge >= 0.3 is 0 Å². The lowest BCUT2D eigenvalue weighted by Crippen LogP contribution is -2.29. The predicted molar refractivity (Wildman–Crippen MR) is 130 cm³/mol. The van der Waals surface area contributed by atoms with Gasteiger partial charge in [-0.15, -0.1) is 0 Å². The Kier molecular flexibility index (Phi) is 5.83. The molecule has 0 aliphatic carbocycles. The molecular weight excluding hydrogens is 404 g/mol. The number of H-pyrrole nitrogens is 1. The summed E-state index contributed by atoms with van der Waals surface area (Å²) >= 11 is 0. The minimum Gasteiger partial charge on any atom is -0.494 e. The molecule has 0 aliphatic heterocycles. The largest absolute Gasteiger partial charge is 0.494 e. The number of pyridine rings is 1. The van der Waals surface area contributed by atoms with Gasteiger partial charge in [-0.25, -0.2) is 15.0 Å².